The Morgan fingerprint density at radius 3 is 2.83 bits per heavy atom. The Labute approximate surface area is 111 Å². The maximum Gasteiger partial charge on any atom is 0.337 e. The average molecular weight is 311 g/mol. The van der Waals surface area contributed by atoms with Crippen molar-refractivity contribution in [3.05, 3.63) is 52.5 Å². The smallest absolute Gasteiger partial charge is 0.337 e. The number of carboxylic acids is 1. The predicted molar refractivity (Wildman–Crippen MR) is 68.6 cm³/mol. The predicted octanol–water partition coefficient (Wildman–Crippen LogP) is 3.43. The van der Waals surface area contributed by atoms with Gasteiger partial charge in [0.05, 0.1) is 21.9 Å². The Balaban J connectivity index is 2.34. The number of anilines is 2. The molecule has 18 heavy (non-hydrogen) atoms. The molecule has 2 rings (SSSR count). The van der Waals surface area contributed by atoms with Gasteiger partial charge in [0.25, 0.3) is 0 Å². The van der Waals surface area contributed by atoms with Gasteiger partial charge in [-0.2, -0.15) is 0 Å². The molecule has 0 aliphatic heterocycles. The number of nitrogens with zero attached hydrogens (tertiary/aromatic N) is 1. The third-order valence-corrected chi connectivity index (χ3v) is 2.89. The number of aromatic nitrogens is 1. The van der Waals surface area contributed by atoms with Gasteiger partial charge in [0, 0.05) is 11.9 Å². The molecule has 0 atom stereocenters. The van der Waals surface area contributed by atoms with E-state index in [9.17, 15) is 9.18 Å². The number of benzene rings is 1. The van der Waals surface area contributed by atoms with Crippen molar-refractivity contribution in [1.29, 1.82) is 0 Å². The van der Waals surface area contributed by atoms with Crippen LogP contribution in [0.5, 0.6) is 0 Å². The van der Waals surface area contributed by atoms with E-state index in [-0.39, 0.29) is 5.56 Å². The minimum atomic E-state index is -1.07. The molecule has 1 aromatic carbocycles. The van der Waals surface area contributed by atoms with Crippen molar-refractivity contribution in [2.75, 3.05) is 5.32 Å². The molecule has 0 spiro atoms. The summed E-state index contributed by atoms with van der Waals surface area (Å²) in [6, 6.07) is 5.81. The number of aromatic carboxylic acids is 1. The molecule has 2 N–H and O–H groups in total. The van der Waals surface area contributed by atoms with Gasteiger partial charge in [-0.25, -0.2) is 9.18 Å². The molecule has 1 aromatic heterocycles. The SMILES string of the molecule is O=C(O)c1ccncc1Nc1ccc(Br)c(F)c1. The molecule has 0 aliphatic rings. The van der Waals surface area contributed by atoms with Crippen LogP contribution in [0, 0.1) is 5.82 Å². The lowest BCUT2D eigenvalue weighted by atomic mass is 10.2. The van der Waals surface area contributed by atoms with Gasteiger partial charge in [0.15, 0.2) is 0 Å². The first kappa shape index (κ1) is 12.5. The summed E-state index contributed by atoms with van der Waals surface area (Å²) in [4.78, 5) is 14.8. The second kappa shape index (κ2) is 5.14. The molecular formula is C12H8BrFN2O2. The molecule has 92 valence electrons. The van der Waals surface area contributed by atoms with Crippen LogP contribution in [0.3, 0.4) is 0 Å². The summed E-state index contributed by atoms with van der Waals surface area (Å²) in [7, 11) is 0. The van der Waals surface area contributed by atoms with E-state index in [2.05, 4.69) is 26.2 Å². The Morgan fingerprint density at radius 1 is 1.39 bits per heavy atom. The van der Waals surface area contributed by atoms with Gasteiger partial charge in [-0.1, -0.05) is 0 Å². The number of pyridine rings is 1. The normalized spacial score (nSPS) is 10.1. The summed E-state index contributed by atoms with van der Waals surface area (Å²) in [6.07, 6.45) is 2.76. The van der Waals surface area contributed by atoms with Gasteiger partial charge in [-0.05, 0) is 40.2 Å². The fourth-order valence-corrected chi connectivity index (χ4v) is 1.66. The third kappa shape index (κ3) is 2.65. The standard InChI is InChI=1S/C12H8BrFN2O2/c13-9-2-1-7(5-10(9)14)16-11-6-15-4-3-8(11)12(17)18/h1-6,16H,(H,17,18). The average Bonchev–Trinajstić information content (AvgIpc) is 2.34. The number of carbonyl (C=O) groups is 1. The number of carboxylic acid groups (broad SMARTS) is 1. The quantitative estimate of drug-likeness (QED) is 0.911. The van der Waals surface area contributed by atoms with E-state index in [1.165, 1.54) is 30.6 Å². The number of hydrogen-bond donors (Lipinski definition) is 2. The van der Waals surface area contributed by atoms with Gasteiger partial charge in [-0.3, -0.25) is 4.98 Å². The van der Waals surface area contributed by atoms with E-state index in [1.807, 2.05) is 0 Å². The zero-order chi connectivity index (χ0) is 13.1. The van der Waals surface area contributed by atoms with Gasteiger partial charge >= 0.3 is 5.97 Å². The van der Waals surface area contributed by atoms with E-state index in [4.69, 9.17) is 5.11 Å². The lowest BCUT2D eigenvalue weighted by Gasteiger charge is -2.09. The molecule has 0 bridgehead atoms. The van der Waals surface area contributed by atoms with Gasteiger partial charge < -0.3 is 10.4 Å². The monoisotopic (exact) mass is 310 g/mol. The summed E-state index contributed by atoms with van der Waals surface area (Å²) in [5.41, 5.74) is 0.839. The summed E-state index contributed by atoms with van der Waals surface area (Å²) in [5.74, 6) is -1.50. The summed E-state index contributed by atoms with van der Waals surface area (Å²) in [5, 5.41) is 11.8. The lowest BCUT2D eigenvalue weighted by molar-refractivity contribution is 0.0698. The van der Waals surface area contributed by atoms with Crippen LogP contribution in [-0.2, 0) is 0 Å². The van der Waals surface area contributed by atoms with Crippen LogP contribution >= 0.6 is 15.9 Å². The first-order valence-electron chi connectivity index (χ1n) is 4.97. The van der Waals surface area contributed by atoms with E-state index >= 15 is 0 Å². The highest BCUT2D eigenvalue weighted by molar-refractivity contribution is 9.10. The van der Waals surface area contributed by atoms with Crippen molar-refractivity contribution in [1.82, 2.24) is 4.98 Å². The molecule has 6 heteroatoms. The van der Waals surface area contributed by atoms with Crippen molar-refractivity contribution in [2.45, 2.75) is 0 Å². The zero-order valence-corrected chi connectivity index (χ0v) is 10.6. The molecule has 0 amide bonds. The molecule has 0 saturated heterocycles. The van der Waals surface area contributed by atoms with E-state index < -0.39 is 11.8 Å². The van der Waals surface area contributed by atoms with Crippen molar-refractivity contribution < 1.29 is 14.3 Å². The van der Waals surface area contributed by atoms with E-state index in [0.29, 0.717) is 15.8 Å². The third-order valence-electron chi connectivity index (χ3n) is 2.25. The van der Waals surface area contributed by atoms with Crippen molar-refractivity contribution in [3.63, 3.8) is 0 Å². The fraction of sp³-hybridized carbons (Fsp3) is 0. The van der Waals surface area contributed by atoms with Crippen molar-refractivity contribution in [3.8, 4) is 0 Å². The van der Waals surface area contributed by atoms with Crippen LogP contribution in [0.2, 0.25) is 0 Å². The fourth-order valence-electron chi connectivity index (χ4n) is 1.41. The topological polar surface area (TPSA) is 62.2 Å². The minimum absolute atomic E-state index is 0.0772. The minimum Gasteiger partial charge on any atom is -0.478 e. The second-order valence-electron chi connectivity index (χ2n) is 3.48. The van der Waals surface area contributed by atoms with E-state index in [0.717, 1.165) is 0 Å². The maximum atomic E-state index is 13.3. The Bertz CT molecular complexity index is 604. The maximum absolute atomic E-state index is 13.3. The lowest BCUT2D eigenvalue weighted by Crippen LogP contribution is -2.03. The largest absolute Gasteiger partial charge is 0.478 e. The first-order chi connectivity index (χ1) is 8.58. The molecule has 0 unspecified atom stereocenters. The Morgan fingerprint density at radius 2 is 2.17 bits per heavy atom. The molecule has 4 nitrogen and oxygen atoms in total. The van der Waals surface area contributed by atoms with Gasteiger partial charge in [0.2, 0.25) is 0 Å². The zero-order valence-electron chi connectivity index (χ0n) is 9.02. The number of rotatable bonds is 3. The van der Waals surface area contributed by atoms with Gasteiger partial charge in [0.1, 0.15) is 5.82 Å². The van der Waals surface area contributed by atoms with Crippen LogP contribution in [0.25, 0.3) is 0 Å². The highest BCUT2D eigenvalue weighted by Gasteiger charge is 2.10. The number of nitrogens with one attached hydrogen (secondary N) is 1. The van der Waals surface area contributed by atoms with E-state index in [1.54, 1.807) is 6.07 Å². The Hall–Kier alpha value is -1.95. The van der Waals surface area contributed by atoms with Crippen LogP contribution in [-0.4, -0.2) is 16.1 Å². The second-order valence-corrected chi connectivity index (χ2v) is 4.33. The van der Waals surface area contributed by atoms with Crippen LogP contribution in [0.1, 0.15) is 10.4 Å². The molecule has 0 radical (unpaired) electrons. The van der Waals surface area contributed by atoms with Crippen molar-refractivity contribution in [2.24, 2.45) is 0 Å². The first-order valence-corrected chi connectivity index (χ1v) is 5.76. The van der Waals surface area contributed by atoms with Crippen LogP contribution in [0.15, 0.2) is 41.1 Å². The molecular weight excluding hydrogens is 303 g/mol. The highest BCUT2D eigenvalue weighted by atomic mass is 79.9. The summed E-state index contributed by atoms with van der Waals surface area (Å²) in [6.45, 7) is 0. The van der Waals surface area contributed by atoms with Gasteiger partial charge in [-0.15, -0.1) is 0 Å². The van der Waals surface area contributed by atoms with Crippen molar-refractivity contribution >= 4 is 33.3 Å². The molecule has 1 heterocycles. The molecule has 2 aromatic rings. The summed E-state index contributed by atoms with van der Waals surface area (Å²) < 4.78 is 13.7. The molecule has 0 saturated carbocycles. The number of halogens is 2. The van der Waals surface area contributed by atoms with Crippen LogP contribution < -0.4 is 5.32 Å². The highest BCUT2D eigenvalue weighted by Crippen LogP contribution is 2.24. The molecule has 0 aliphatic carbocycles. The summed E-state index contributed by atoms with van der Waals surface area (Å²) >= 11 is 3.04. The van der Waals surface area contributed by atoms with Crippen LogP contribution in [0.4, 0.5) is 15.8 Å². The number of hydrogen-bond acceptors (Lipinski definition) is 3. The molecule has 0 fully saturated rings. The Kier molecular flexibility index (Phi) is 3.57.